The van der Waals surface area contributed by atoms with Crippen molar-refractivity contribution in [1.29, 1.82) is 0 Å². The van der Waals surface area contributed by atoms with Gasteiger partial charge in [-0.1, -0.05) is 13.8 Å². The smallest absolute Gasteiger partial charge is 0.334 e. The first-order chi connectivity index (χ1) is 5.55. The molecule has 0 bridgehead atoms. The summed E-state index contributed by atoms with van der Waals surface area (Å²) in [5, 5.41) is 8.80. The van der Waals surface area contributed by atoms with Crippen LogP contribution < -0.4 is 0 Å². The van der Waals surface area contributed by atoms with E-state index in [1.807, 2.05) is 0 Å². The van der Waals surface area contributed by atoms with E-state index < -0.39 is 17.4 Å². The first-order valence-corrected chi connectivity index (χ1v) is 4.26. The molecule has 0 heterocycles. The van der Waals surface area contributed by atoms with Gasteiger partial charge < -0.3 is 8.93 Å². The molecule has 0 amide bonds. The Balaban J connectivity index is 4.82. The lowest BCUT2D eigenvalue weighted by Gasteiger charge is -2.21. The minimum atomic E-state index is -1.40. The Bertz CT molecular complexity index is 186. The molecule has 0 aliphatic heterocycles. The fourth-order valence-electron chi connectivity index (χ4n) is 1.00. The van der Waals surface area contributed by atoms with Gasteiger partial charge in [-0.05, 0) is 12.8 Å². The third kappa shape index (κ3) is 1.77. The quantitative estimate of drug-likeness (QED) is 0.758. The van der Waals surface area contributed by atoms with Crippen molar-refractivity contribution in [2.75, 3.05) is 0 Å². The van der Waals surface area contributed by atoms with Gasteiger partial charge >= 0.3 is 11.9 Å². The summed E-state index contributed by atoms with van der Waals surface area (Å²) < 4.78 is 4.25. The number of carboxylic acids is 1. The van der Waals surface area contributed by atoms with Crippen molar-refractivity contribution in [3.63, 3.8) is 0 Å². The van der Waals surface area contributed by atoms with E-state index in [0.717, 1.165) is 0 Å². The van der Waals surface area contributed by atoms with Gasteiger partial charge in [0.2, 0.25) is 0 Å². The molecule has 0 saturated heterocycles. The van der Waals surface area contributed by atoms with Gasteiger partial charge in [0.05, 0.1) is 0 Å². The first-order valence-electron chi connectivity index (χ1n) is 3.61. The van der Waals surface area contributed by atoms with E-state index in [9.17, 15) is 9.59 Å². The molecule has 12 heavy (non-hydrogen) atoms. The second kappa shape index (κ2) is 4.45. The summed E-state index contributed by atoms with van der Waals surface area (Å²) in [5.74, 6) is -1.89. The molecule has 5 heteroatoms. The average molecular weight is 239 g/mol. The number of carboxylic acid groups (broad SMARTS) is 1. The zero-order valence-corrected chi connectivity index (χ0v) is 8.55. The fourth-order valence-corrected chi connectivity index (χ4v) is 1.31. The van der Waals surface area contributed by atoms with E-state index in [0.29, 0.717) is 0 Å². The van der Waals surface area contributed by atoms with Crippen LogP contribution in [-0.2, 0) is 13.4 Å². The third-order valence-corrected chi connectivity index (χ3v) is 2.37. The normalized spacial score (nSPS) is 10.9. The molecular weight excluding hydrogens is 228 g/mol. The maximum Gasteiger partial charge on any atom is 0.334 e. The zero-order valence-electron chi connectivity index (χ0n) is 6.96. The number of hydrogen-bond acceptors (Lipinski definition) is 3. The number of rotatable bonds is 4. The zero-order chi connectivity index (χ0) is 9.78. The molecule has 0 fully saturated rings. The molecule has 0 unspecified atom stereocenters. The Hall–Kier alpha value is -0.580. The summed E-state index contributed by atoms with van der Waals surface area (Å²) in [4.78, 5) is 21.8. The topological polar surface area (TPSA) is 63.6 Å². The highest BCUT2D eigenvalue weighted by Crippen LogP contribution is 2.29. The van der Waals surface area contributed by atoms with Gasteiger partial charge in [0, 0.05) is 0 Å². The molecule has 0 radical (unpaired) electrons. The summed E-state index contributed by atoms with van der Waals surface area (Å²) in [7, 11) is 0. The van der Waals surface area contributed by atoms with Crippen LogP contribution in [0.2, 0.25) is 0 Å². The molecule has 0 aromatic carbocycles. The molecule has 0 atom stereocenters. The van der Waals surface area contributed by atoms with E-state index in [1.54, 1.807) is 13.8 Å². The highest BCUT2D eigenvalue weighted by Gasteiger charge is 2.44. The van der Waals surface area contributed by atoms with E-state index in [4.69, 9.17) is 5.11 Å². The highest BCUT2D eigenvalue weighted by atomic mass is 79.9. The van der Waals surface area contributed by atoms with Gasteiger partial charge in [-0.25, -0.2) is 4.79 Å². The van der Waals surface area contributed by atoms with Crippen LogP contribution >= 0.6 is 16.3 Å². The van der Waals surface area contributed by atoms with E-state index >= 15 is 0 Å². The average Bonchev–Trinajstić information content (AvgIpc) is 2.06. The summed E-state index contributed by atoms with van der Waals surface area (Å²) >= 11 is 2.49. The third-order valence-electron chi connectivity index (χ3n) is 2.08. The molecule has 1 N–H and O–H groups in total. The van der Waals surface area contributed by atoms with Crippen LogP contribution in [0.3, 0.4) is 0 Å². The van der Waals surface area contributed by atoms with Gasteiger partial charge in [-0.2, -0.15) is 0 Å². The van der Waals surface area contributed by atoms with Crippen molar-refractivity contribution in [1.82, 2.24) is 0 Å². The van der Waals surface area contributed by atoms with Crippen LogP contribution in [0.5, 0.6) is 0 Å². The van der Waals surface area contributed by atoms with Gasteiger partial charge in [-0.15, -0.1) is 0 Å². The summed E-state index contributed by atoms with van der Waals surface area (Å²) in [6.45, 7) is 3.28. The molecule has 0 saturated carbocycles. The molecule has 0 spiro atoms. The lowest BCUT2D eigenvalue weighted by molar-refractivity contribution is -0.162. The summed E-state index contributed by atoms with van der Waals surface area (Å²) in [5.41, 5.74) is -1.40. The SMILES string of the molecule is CCC(CC)(C(=O)O)C(=O)OBr. The molecule has 0 aliphatic carbocycles. The van der Waals surface area contributed by atoms with E-state index in [2.05, 4.69) is 20.1 Å². The number of halogens is 1. The van der Waals surface area contributed by atoms with Gasteiger partial charge in [0.15, 0.2) is 21.7 Å². The second-order valence-corrected chi connectivity index (χ2v) is 2.78. The lowest BCUT2D eigenvalue weighted by Crippen LogP contribution is -2.38. The predicted molar refractivity (Wildman–Crippen MR) is 45.7 cm³/mol. The van der Waals surface area contributed by atoms with Crippen LogP contribution in [0.25, 0.3) is 0 Å². The van der Waals surface area contributed by atoms with Crippen LogP contribution in [0.1, 0.15) is 26.7 Å². The minimum absolute atomic E-state index is 0.225. The van der Waals surface area contributed by atoms with Crippen molar-refractivity contribution in [2.45, 2.75) is 26.7 Å². The van der Waals surface area contributed by atoms with E-state index in [-0.39, 0.29) is 12.8 Å². The lowest BCUT2D eigenvalue weighted by atomic mass is 9.83. The Labute approximate surface area is 79.4 Å². The van der Waals surface area contributed by atoms with Crippen LogP contribution in [-0.4, -0.2) is 17.0 Å². The van der Waals surface area contributed by atoms with Crippen molar-refractivity contribution in [2.24, 2.45) is 5.41 Å². The minimum Gasteiger partial charge on any atom is -0.480 e. The van der Waals surface area contributed by atoms with Crippen LogP contribution in [0, 0.1) is 5.41 Å². The monoisotopic (exact) mass is 238 g/mol. The second-order valence-electron chi connectivity index (χ2n) is 2.46. The Morgan fingerprint density at radius 3 is 1.92 bits per heavy atom. The Morgan fingerprint density at radius 2 is 1.83 bits per heavy atom. The van der Waals surface area contributed by atoms with Crippen molar-refractivity contribution in [3.8, 4) is 0 Å². The number of hydrogen-bond donors (Lipinski definition) is 1. The van der Waals surface area contributed by atoms with Crippen molar-refractivity contribution >= 4 is 28.2 Å². The number of carbonyl (C=O) groups excluding carboxylic acids is 1. The predicted octanol–water partition coefficient (Wildman–Crippen LogP) is 1.73. The van der Waals surface area contributed by atoms with Gasteiger partial charge in [0.25, 0.3) is 0 Å². The molecule has 0 aliphatic rings. The summed E-state index contributed by atoms with van der Waals surface area (Å²) in [6, 6.07) is 0. The molecule has 0 rings (SSSR count). The molecule has 70 valence electrons. The standard InChI is InChI=1S/C7H11BrO4/c1-3-7(4-2,5(9)10)6(11)12-8/h3-4H2,1-2H3,(H,9,10). The Kier molecular flexibility index (Phi) is 4.23. The molecule has 4 nitrogen and oxygen atoms in total. The maximum absolute atomic E-state index is 11.1. The number of carbonyl (C=O) groups is 2. The molecule has 0 aromatic rings. The largest absolute Gasteiger partial charge is 0.480 e. The summed E-state index contributed by atoms with van der Waals surface area (Å²) in [6.07, 6.45) is 0.451. The highest BCUT2D eigenvalue weighted by molar-refractivity contribution is 9.06. The molecular formula is C7H11BrO4. The van der Waals surface area contributed by atoms with Gasteiger partial charge in [-0.3, -0.25) is 4.79 Å². The van der Waals surface area contributed by atoms with Crippen molar-refractivity contribution in [3.05, 3.63) is 0 Å². The fraction of sp³-hybridized carbons (Fsp3) is 0.714. The van der Waals surface area contributed by atoms with Gasteiger partial charge in [0.1, 0.15) is 0 Å². The van der Waals surface area contributed by atoms with Crippen molar-refractivity contribution < 1.29 is 18.5 Å². The number of aliphatic carboxylic acids is 1. The van der Waals surface area contributed by atoms with Crippen LogP contribution in [0.15, 0.2) is 0 Å². The van der Waals surface area contributed by atoms with Crippen LogP contribution in [0.4, 0.5) is 0 Å². The molecule has 0 aromatic heterocycles. The maximum atomic E-state index is 11.1. The van der Waals surface area contributed by atoms with E-state index in [1.165, 1.54) is 0 Å². The Morgan fingerprint density at radius 1 is 1.42 bits per heavy atom. The first kappa shape index (κ1) is 11.4.